The summed E-state index contributed by atoms with van der Waals surface area (Å²) in [5.74, 6) is 0.0906. The summed E-state index contributed by atoms with van der Waals surface area (Å²) < 4.78 is 58.3. The Labute approximate surface area is 172 Å². The van der Waals surface area contributed by atoms with Crippen LogP contribution in [-0.4, -0.2) is 42.7 Å². The zero-order chi connectivity index (χ0) is 21.7. The highest BCUT2D eigenvalue weighted by molar-refractivity contribution is 5.80. The predicted octanol–water partition coefficient (Wildman–Crippen LogP) is 3.49. The van der Waals surface area contributed by atoms with Crippen LogP contribution in [0.15, 0.2) is 47.5 Å². The average Bonchev–Trinajstić information content (AvgIpc) is 2.75. The van der Waals surface area contributed by atoms with Crippen molar-refractivity contribution in [3.05, 3.63) is 70.5 Å². The number of ether oxygens (including phenoxy) is 1. The Morgan fingerprint density at radius 3 is 2.77 bits per heavy atom. The van der Waals surface area contributed by atoms with Gasteiger partial charge in [0.25, 0.3) is 0 Å². The Morgan fingerprint density at radius 2 is 2.07 bits per heavy atom. The van der Waals surface area contributed by atoms with E-state index >= 15 is 0 Å². The first-order valence-electron chi connectivity index (χ1n) is 9.44. The summed E-state index contributed by atoms with van der Waals surface area (Å²) in [5, 5.41) is 12.4. The number of rotatable bonds is 4. The highest BCUT2D eigenvalue weighted by atomic mass is 19.4. The van der Waals surface area contributed by atoms with Crippen LogP contribution in [-0.2, 0) is 24.1 Å². The van der Waals surface area contributed by atoms with E-state index in [0.29, 0.717) is 37.8 Å². The molecule has 0 spiro atoms. The Balaban J connectivity index is 1.68. The van der Waals surface area contributed by atoms with E-state index in [1.54, 1.807) is 25.2 Å². The minimum absolute atomic E-state index is 0.209. The minimum Gasteiger partial charge on any atom is -0.392 e. The number of nitrogens with zero attached hydrogens (tertiary/aromatic N) is 2. The van der Waals surface area contributed by atoms with Gasteiger partial charge in [-0.15, -0.1) is 0 Å². The molecular formula is C21H23F4N3O2. The second-order valence-corrected chi connectivity index (χ2v) is 6.91. The molecule has 1 fully saturated rings. The lowest BCUT2D eigenvalue weighted by molar-refractivity contribution is -0.137. The smallest absolute Gasteiger partial charge is 0.392 e. The molecule has 9 heteroatoms. The topological polar surface area (TPSA) is 57.1 Å². The molecule has 2 aromatic rings. The van der Waals surface area contributed by atoms with Crippen molar-refractivity contribution >= 4 is 5.96 Å². The normalized spacial score (nSPS) is 17.9. The Morgan fingerprint density at radius 1 is 1.27 bits per heavy atom. The summed E-state index contributed by atoms with van der Waals surface area (Å²) in [6, 6.07) is 9.62. The highest BCUT2D eigenvalue weighted by Crippen LogP contribution is 2.32. The molecule has 2 aromatic carbocycles. The van der Waals surface area contributed by atoms with E-state index in [4.69, 9.17) is 4.74 Å². The average molecular weight is 425 g/mol. The maximum absolute atomic E-state index is 13.5. The molecule has 0 bridgehead atoms. The highest BCUT2D eigenvalue weighted by Gasteiger charge is 2.32. The fraction of sp³-hybridized carbons (Fsp3) is 0.381. The fourth-order valence-electron chi connectivity index (χ4n) is 3.33. The van der Waals surface area contributed by atoms with Gasteiger partial charge < -0.3 is 20.1 Å². The molecule has 1 aliphatic heterocycles. The van der Waals surface area contributed by atoms with Gasteiger partial charge in [0.2, 0.25) is 0 Å². The first kappa shape index (κ1) is 22.0. The number of nitrogens with one attached hydrogen (secondary N) is 1. The number of halogens is 4. The maximum Gasteiger partial charge on any atom is 0.416 e. The summed E-state index contributed by atoms with van der Waals surface area (Å²) in [4.78, 5) is 6.15. The standard InChI is InChI=1S/C21H23F4N3O2/c1-26-20(27-11-14-5-6-18(22)16(9-14)13-29)28-7-8-30-19(12-28)15-3-2-4-17(10-15)21(23,24)25/h2-6,9-10,19,29H,7-8,11-13H2,1H3,(H,26,27). The Bertz CT molecular complexity index is 902. The second kappa shape index (κ2) is 9.44. The summed E-state index contributed by atoms with van der Waals surface area (Å²) >= 11 is 0. The van der Waals surface area contributed by atoms with Crippen LogP contribution >= 0.6 is 0 Å². The number of alkyl halides is 3. The molecule has 0 aromatic heterocycles. The summed E-state index contributed by atoms with van der Waals surface area (Å²) in [6.07, 6.45) is -4.93. The molecule has 1 aliphatic rings. The molecule has 1 atom stereocenters. The van der Waals surface area contributed by atoms with Gasteiger partial charge in [-0.3, -0.25) is 4.99 Å². The monoisotopic (exact) mass is 425 g/mol. The molecule has 3 rings (SSSR count). The molecule has 30 heavy (non-hydrogen) atoms. The third kappa shape index (κ3) is 5.28. The first-order valence-corrected chi connectivity index (χ1v) is 9.44. The molecule has 0 aliphatic carbocycles. The van der Waals surface area contributed by atoms with Gasteiger partial charge in [0.05, 0.1) is 25.3 Å². The molecule has 0 amide bonds. The van der Waals surface area contributed by atoms with Gasteiger partial charge in [0.1, 0.15) is 11.9 Å². The van der Waals surface area contributed by atoms with Crippen molar-refractivity contribution in [3.8, 4) is 0 Å². The van der Waals surface area contributed by atoms with E-state index in [-0.39, 0.29) is 5.56 Å². The molecule has 1 saturated heterocycles. The van der Waals surface area contributed by atoms with E-state index in [0.717, 1.165) is 17.7 Å². The molecule has 1 heterocycles. The number of hydrogen-bond acceptors (Lipinski definition) is 3. The zero-order valence-electron chi connectivity index (χ0n) is 16.4. The van der Waals surface area contributed by atoms with Crippen LogP contribution in [0, 0.1) is 5.82 Å². The number of benzene rings is 2. The van der Waals surface area contributed by atoms with E-state index in [9.17, 15) is 22.7 Å². The van der Waals surface area contributed by atoms with E-state index in [1.807, 2.05) is 4.90 Å². The van der Waals surface area contributed by atoms with Crippen molar-refractivity contribution in [3.63, 3.8) is 0 Å². The van der Waals surface area contributed by atoms with Gasteiger partial charge in [-0.25, -0.2) is 4.39 Å². The van der Waals surface area contributed by atoms with Gasteiger partial charge >= 0.3 is 6.18 Å². The molecule has 162 valence electrons. The predicted molar refractivity (Wildman–Crippen MR) is 104 cm³/mol. The lowest BCUT2D eigenvalue weighted by Gasteiger charge is -2.35. The minimum atomic E-state index is -4.41. The van der Waals surface area contributed by atoms with Crippen molar-refractivity contribution in [2.75, 3.05) is 26.7 Å². The molecule has 1 unspecified atom stereocenters. The lowest BCUT2D eigenvalue weighted by atomic mass is 10.0. The van der Waals surface area contributed by atoms with Crippen LogP contribution in [0.1, 0.15) is 28.4 Å². The molecule has 2 N–H and O–H groups in total. The van der Waals surface area contributed by atoms with E-state index in [1.165, 1.54) is 12.1 Å². The van der Waals surface area contributed by atoms with Gasteiger partial charge in [-0.1, -0.05) is 18.2 Å². The summed E-state index contributed by atoms with van der Waals surface area (Å²) in [7, 11) is 1.61. The number of hydrogen-bond donors (Lipinski definition) is 2. The third-order valence-electron chi connectivity index (χ3n) is 4.89. The molecule has 0 radical (unpaired) electrons. The Kier molecular flexibility index (Phi) is 6.94. The number of aliphatic hydroxyl groups is 1. The largest absolute Gasteiger partial charge is 0.416 e. The third-order valence-corrected chi connectivity index (χ3v) is 4.89. The van der Waals surface area contributed by atoms with Crippen molar-refractivity contribution in [1.29, 1.82) is 0 Å². The van der Waals surface area contributed by atoms with Crippen LogP contribution in [0.25, 0.3) is 0 Å². The van der Waals surface area contributed by atoms with E-state index in [2.05, 4.69) is 10.3 Å². The van der Waals surface area contributed by atoms with Crippen LogP contribution in [0.5, 0.6) is 0 Å². The van der Waals surface area contributed by atoms with Crippen LogP contribution < -0.4 is 5.32 Å². The summed E-state index contributed by atoms with van der Waals surface area (Å²) in [6.45, 7) is 1.17. The molecular weight excluding hydrogens is 402 g/mol. The number of aliphatic imine (C=N–C) groups is 1. The van der Waals surface area contributed by atoms with E-state index < -0.39 is 30.3 Å². The van der Waals surface area contributed by atoms with Crippen LogP contribution in [0.2, 0.25) is 0 Å². The number of guanidine groups is 1. The van der Waals surface area contributed by atoms with Gasteiger partial charge in [-0.05, 0) is 35.4 Å². The van der Waals surface area contributed by atoms with Crippen molar-refractivity contribution in [1.82, 2.24) is 10.2 Å². The fourth-order valence-corrected chi connectivity index (χ4v) is 3.33. The second-order valence-electron chi connectivity index (χ2n) is 6.91. The lowest BCUT2D eigenvalue weighted by Crippen LogP contribution is -2.48. The Hall–Kier alpha value is -2.65. The first-order chi connectivity index (χ1) is 14.3. The zero-order valence-corrected chi connectivity index (χ0v) is 16.4. The number of aliphatic hydroxyl groups excluding tert-OH is 1. The maximum atomic E-state index is 13.5. The summed E-state index contributed by atoms with van der Waals surface area (Å²) in [5.41, 5.74) is 0.722. The van der Waals surface area contributed by atoms with Gasteiger partial charge in [0.15, 0.2) is 5.96 Å². The molecule has 0 saturated carbocycles. The van der Waals surface area contributed by atoms with Crippen LogP contribution in [0.3, 0.4) is 0 Å². The van der Waals surface area contributed by atoms with Gasteiger partial charge in [-0.2, -0.15) is 13.2 Å². The van der Waals surface area contributed by atoms with Crippen LogP contribution in [0.4, 0.5) is 17.6 Å². The quantitative estimate of drug-likeness (QED) is 0.447. The molecule has 5 nitrogen and oxygen atoms in total. The van der Waals surface area contributed by atoms with Crippen molar-refractivity contribution < 1.29 is 27.4 Å². The van der Waals surface area contributed by atoms with Crippen molar-refractivity contribution in [2.24, 2.45) is 4.99 Å². The SMILES string of the molecule is CN=C(NCc1ccc(F)c(CO)c1)N1CCOC(c2cccc(C(F)(F)F)c2)C1. The van der Waals surface area contributed by atoms with Gasteiger partial charge in [0, 0.05) is 25.7 Å². The number of morpholine rings is 1. The van der Waals surface area contributed by atoms with Crippen molar-refractivity contribution in [2.45, 2.75) is 25.4 Å².